The summed E-state index contributed by atoms with van der Waals surface area (Å²) in [6.45, 7) is 2.85. The summed E-state index contributed by atoms with van der Waals surface area (Å²) in [5.74, 6) is 0.925. The Hall–Kier alpha value is -2.30. The zero-order valence-electron chi connectivity index (χ0n) is 16.9. The van der Waals surface area contributed by atoms with E-state index >= 15 is 0 Å². The topological polar surface area (TPSA) is 38.3 Å². The number of ether oxygens (including phenoxy) is 1. The molecule has 0 aliphatic heterocycles. The molecular formula is C25H25BrClNO2. The van der Waals surface area contributed by atoms with Crippen LogP contribution in [0.15, 0.2) is 77.3 Å². The molecule has 156 valence electrons. The molecule has 0 aliphatic carbocycles. The molecule has 0 aliphatic rings. The van der Waals surface area contributed by atoms with Gasteiger partial charge in [0, 0.05) is 27.2 Å². The maximum Gasteiger partial charge on any atom is 0.165 e. The summed E-state index contributed by atoms with van der Waals surface area (Å²) < 4.78 is 6.72. The number of hydrogen-bond donors (Lipinski definition) is 1. The number of Topliss-reactive ketones (excluding diaryl/α,β-unsaturated/α-hetero) is 1. The molecule has 5 heteroatoms. The first-order valence-corrected chi connectivity index (χ1v) is 11.3. The zero-order valence-corrected chi connectivity index (χ0v) is 19.2. The second kappa shape index (κ2) is 11.2. The second-order valence-electron chi connectivity index (χ2n) is 7.11. The van der Waals surface area contributed by atoms with E-state index in [1.54, 1.807) is 0 Å². The van der Waals surface area contributed by atoms with Gasteiger partial charge in [0.1, 0.15) is 5.75 Å². The third-order valence-electron chi connectivity index (χ3n) is 4.79. The molecule has 3 nitrogen and oxygen atoms in total. The lowest BCUT2D eigenvalue weighted by Gasteiger charge is -2.20. The SMILES string of the molecule is CCCCOc1ccc([C@H](CC(=O)c2ccc(Br)cc2)Nc2ccc(Cl)cc2)cc1. The van der Waals surface area contributed by atoms with Crippen molar-refractivity contribution in [1.29, 1.82) is 0 Å². The fourth-order valence-electron chi connectivity index (χ4n) is 3.07. The Labute approximate surface area is 191 Å². The lowest BCUT2D eigenvalue weighted by atomic mass is 9.97. The van der Waals surface area contributed by atoms with Gasteiger partial charge in [0.05, 0.1) is 12.6 Å². The monoisotopic (exact) mass is 485 g/mol. The molecule has 3 aromatic carbocycles. The fourth-order valence-corrected chi connectivity index (χ4v) is 3.46. The molecule has 0 fully saturated rings. The van der Waals surface area contributed by atoms with E-state index in [1.165, 1.54) is 0 Å². The number of hydrogen-bond acceptors (Lipinski definition) is 3. The lowest BCUT2D eigenvalue weighted by Crippen LogP contribution is -2.16. The highest BCUT2D eigenvalue weighted by Gasteiger charge is 2.18. The number of benzene rings is 3. The van der Waals surface area contributed by atoms with Crippen LogP contribution in [-0.4, -0.2) is 12.4 Å². The Kier molecular flexibility index (Phi) is 8.35. The van der Waals surface area contributed by atoms with Crippen molar-refractivity contribution in [2.24, 2.45) is 0 Å². The number of carbonyl (C=O) groups is 1. The standard InChI is InChI=1S/C25H25BrClNO2/c1-2-3-16-30-23-14-6-18(7-15-23)24(28-22-12-10-21(27)11-13-22)17-25(29)19-4-8-20(26)9-5-19/h4-15,24,28H,2-3,16-17H2,1H3/t24-/m0/s1. The molecular weight excluding hydrogens is 462 g/mol. The van der Waals surface area contributed by atoms with Crippen molar-refractivity contribution in [2.45, 2.75) is 32.2 Å². The van der Waals surface area contributed by atoms with Crippen LogP contribution in [0.1, 0.15) is 48.1 Å². The van der Waals surface area contributed by atoms with E-state index in [0.717, 1.165) is 34.3 Å². The second-order valence-corrected chi connectivity index (χ2v) is 8.46. The summed E-state index contributed by atoms with van der Waals surface area (Å²) in [6, 6.07) is 22.8. The Morgan fingerprint density at radius 3 is 2.30 bits per heavy atom. The minimum absolute atomic E-state index is 0.0808. The highest BCUT2D eigenvalue weighted by molar-refractivity contribution is 9.10. The molecule has 3 aromatic rings. The zero-order chi connectivity index (χ0) is 21.3. The lowest BCUT2D eigenvalue weighted by molar-refractivity contribution is 0.0976. The smallest absolute Gasteiger partial charge is 0.165 e. The average Bonchev–Trinajstić information content (AvgIpc) is 2.76. The first-order valence-electron chi connectivity index (χ1n) is 10.1. The van der Waals surface area contributed by atoms with Gasteiger partial charge in [-0.1, -0.05) is 65.1 Å². The van der Waals surface area contributed by atoms with Crippen molar-refractivity contribution >= 4 is 39.0 Å². The molecule has 3 rings (SSSR count). The Bertz CT molecular complexity index is 940. The van der Waals surface area contributed by atoms with Crippen molar-refractivity contribution in [1.82, 2.24) is 0 Å². The number of nitrogens with one attached hydrogen (secondary N) is 1. The molecule has 0 unspecified atom stereocenters. The minimum atomic E-state index is -0.174. The summed E-state index contributed by atoms with van der Waals surface area (Å²) in [6.07, 6.45) is 2.47. The molecule has 0 bridgehead atoms. The van der Waals surface area contributed by atoms with E-state index < -0.39 is 0 Å². The molecule has 0 saturated heterocycles. The summed E-state index contributed by atoms with van der Waals surface area (Å²) in [5.41, 5.74) is 2.63. The van der Waals surface area contributed by atoms with E-state index in [2.05, 4.69) is 28.2 Å². The highest BCUT2D eigenvalue weighted by Crippen LogP contribution is 2.27. The molecule has 0 aromatic heterocycles. The minimum Gasteiger partial charge on any atom is -0.494 e. The van der Waals surface area contributed by atoms with E-state index in [1.807, 2.05) is 72.8 Å². The molecule has 30 heavy (non-hydrogen) atoms. The average molecular weight is 487 g/mol. The fraction of sp³-hybridized carbons (Fsp3) is 0.240. The van der Waals surface area contributed by atoms with Crippen molar-refractivity contribution in [2.75, 3.05) is 11.9 Å². The van der Waals surface area contributed by atoms with Crippen LogP contribution in [0.2, 0.25) is 5.02 Å². The number of unbranched alkanes of at least 4 members (excludes halogenated alkanes) is 1. The summed E-state index contributed by atoms with van der Waals surface area (Å²) >= 11 is 9.43. The molecule has 0 spiro atoms. The van der Waals surface area contributed by atoms with Gasteiger partial charge in [-0.15, -0.1) is 0 Å². The van der Waals surface area contributed by atoms with Gasteiger partial charge in [0.2, 0.25) is 0 Å². The van der Waals surface area contributed by atoms with E-state index in [0.29, 0.717) is 23.6 Å². The quantitative estimate of drug-likeness (QED) is 0.235. The third-order valence-corrected chi connectivity index (χ3v) is 5.57. The number of halogens is 2. The van der Waals surface area contributed by atoms with E-state index in [9.17, 15) is 4.79 Å². The summed E-state index contributed by atoms with van der Waals surface area (Å²) in [4.78, 5) is 12.9. The van der Waals surface area contributed by atoms with Crippen LogP contribution < -0.4 is 10.1 Å². The molecule has 0 saturated carbocycles. The van der Waals surface area contributed by atoms with Gasteiger partial charge in [-0.25, -0.2) is 0 Å². The van der Waals surface area contributed by atoms with E-state index in [4.69, 9.17) is 16.3 Å². The number of anilines is 1. The number of carbonyl (C=O) groups excluding carboxylic acids is 1. The van der Waals surface area contributed by atoms with Crippen LogP contribution >= 0.6 is 27.5 Å². The predicted octanol–water partition coefficient (Wildman–Crippen LogP) is 7.71. The van der Waals surface area contributed by atoms with Gasteiger partial charge in [-0.2, -0.15) is 0 Å². The van der Waals surface area contributed by atoms with Crippen molar-refractivity contribution in [3.8, 4) is 5.75 Å². The third kappa shape index (κ3) is 6.61. The van der Waals surface area contributed by atoms with Crippen LogP contribution in [0.25, 0.3) is 0 Å². The molecule has 1 N–H and O–H groups in total. The predicted molar refractivity (Wildman–Crippen MR) is 128 cm³/mol. The number of ketones is 1. The van der Waals surface area contributed by atoms with Crippen LogP contribution in [0.3, 0.4) is 0 Å². The molecule has 0 radical (unpaired) electrons. The van der Waals surface area contributed by atoms with E-state index in [-0.39, 0.29) is 11.8 Å². The molecule has 0 heterocycles. The van der Waals surface area contributed by atoms with Gasteiger partial charge in [-0.3, -0.25) is 4.79 Å². The number of rotatable bonds is 10. The molecule has 1 atom stereocenters. The molecule has 0 amide bonds. The van der Waals surface area contributed by atoms with Crippen molar-refractivity contribution < 1.29 is 9.53 Å². The maximum absolute atomic E-state index is 12.9. The van der Waals surface area contributed by atoms with Gasteiger partial charge in [0.25, 0.3) is 0 Å². The summed E-state index contributed by atoms with van der Waals surface area (Å²) in [5, 5.41) is 4.15. The first kappa shape index (κ1) is 22.4. The van der Waals surface area contributed by atoms with Crippen LogP contribution in [0.4, 0.5) is 5.69 Å². The maximum atomic E-state index is 12.9. The summed E-state index contributed by atoms with van der Waals surface area (Å²) in [7, 11) is 0. The van der Waals surface area contributed by atoms with Gasteiger partial charge >= 0.3 is 0 Å². The first-order chi connectivity index (χ1) is 14.5. The van der Waals surface area contributed by atoms with Gasteiger partial charge < -0.3 is 10.1 Å². The highest BCUT2D eigenvalue weighted by atomic mass is 79.9. The van der Waals surface area contributed by atoms with Crippen LogP contribution in [-0.2, 0) is 0 Å². The van der Waals surface area contributed by atoms with Gasteiger partial charge in [-0.05, 0) is 60.5 Å². The largest absolute Gasteiger partial charge is 0.494 e. The Balaban J connectivity index is 1.78. The Morgan fingerprint density at radius 2 is 1.67 bits per heavy atom. The Morgan fingerprint density at radius 1 is 1.00 bits per heavy atom. The normalized spacial score (nSPS) is 11.7. The van der Waals surface area contributed by atoms with Crippen LogP contribution in [0.5, 0.6) is 5.75 Å². The van der Waals surface area contributed by atoms with Gasteiger partial charge in [0.15, 0.2) is 5.78 Å². The van der Waals surface area contributed by atoms with Crippen LogP contribution in [0, 0.1) is 0 Å². The van der Waals surface area contributed by atoms with Crippen molar-refractivity contribution in [3.05, 3.63) is 93.4 Å². The van der Waals surface area contributed by atoms with Crippen molar-refractivity contribution in [3.63, 3.8) is 0 Å².